The third kappa shape index (κ3) is 1.96. The van der Waals surface area contributed by atoms with E-state index in [1.54, 1.807) is 0 Å². The number of carbonyl (C=O) groups is 1. The molecule has 2 bridgehead atoms. The van der Waals surface area contributed by atoms with Gasteiger partial charge in [-0.3, -0.25) is 4.79 Å². The van der Waals surface area contributed by atoms with Crippen LogP contribution >= 0.6 is 0 Å². The standard InChI is InChI=1S/C13H22O2/c1-12(2,3)13-8-6-10(14)4-5-11(15-13)7-9-13/h11H,4-9H2,1-3H3/t11-,13+/m0/s1. The molecule has 0 aromatic rings. The van der Waals surface area contributed by atoms with Crippen LogP contribution in [0.5, 0.6) is 0 Å². The van der Waals surface area contributed by atoms with Crippen LogP contribution in [0.25, 0.3) is 0 Å². The fraction of sp³-hybridized carbons (Fsp3) is 0.923. The number of hydrogen-bond donors (Lipinski definition) is 0. The molecule has 15 heavy (non-hydrogen) atoms. The van der Waals surface area contributed by atoms with E-state index in [4.69, 9.17) is 4.74 Å². The van der Waals surface area contributed by atoms with Crippen molar-refractivity contribution in [2.24, 2.45) is 5.41 Å². The molecular weight excluding hydrogens is 188 g/mol. The van der Waals surface area contributed by atoms with Crippen LogP contribution in [0.15, 0.2) is 0 Å². The second-order valence-corrected chi connectivity index (χ2v) is 6.10. The number of fused-ring (bicyclic) bond motifs is 2. The van der Waals surface area contributed by atoms with Gasteiger partial charge in [-0.1, -0.05) is 20.8 Å². The van der Waals surface area contributed by atoms with Crippen molar-refractivity contribution in [1.82, 2.24) is 0 Å². The topological polar surface area (TPSA) is 26.3 Å². The summed E-state index contributed by atoms with van der Waals surface area (Å²) in [6.45, 7) is 6.71. The molecular formula is C13H22O2. The molecule has 2 aliphatic heterocycles. The lowest BCUT2D eigenvalue weighted by Gasteiger charge is -2.42. The Morgan fingerprint density at radius 3 is 2.60 bits per heavy atom. The molecule has 0 aromatic heterocycles. The summed E-state index contributed by atoms with van der Waals surface area (Å²) in [6.07, 6.45) is 5.92. The maximum atomic E-state index is 11.6. The van der Waals surface area contributed by atoms with Crippen molar-refractivity contribution in [2.75, 3.05) is 0 Å². The van der Waals surface area contributed by atoms with Gasteiger partial charge < -0.3 is 4.74 Å². The van der Waals surface area contributed by atoms with E-state index in [1.807, 2.05) is 0 Å². The lowest BCUT2D eigenvalue weighted by atomic mass is 9.72. The number of carbonyl (C=O) groups excluding carboxylic acids is 1. The summed E-state index contributed by atoms with van der Waals surface area (Å²) < 4.78 is 6.25. The molecule has 0 spiro atoms. The summed E-state index contributed by atoms with van der Waals surface area (Å²) in [5.74, 6) is 0.429. The van der Waals surface area contributed by atoms with E-state index in [0.717, 1.165) is 32.1 Å². The van der Waals surface area contributed by atoms with Crippen LogP contribution in [-0.4, -0.2) is 17.5 Å². The van der Waals surface area contributed by atoms with Crippen LogP contribution < -0.4 is 0 Å². The smallest absolute Gasteiger partial charge is 0.133 e. The molecule has 0 N–H and O–H groups in total. The molecule has 0 saturated carbocycles. The third-order valence-corrected chi connectivity index (χ3v) is 4.18. The fourth-order valence-corrected chi connectivity index (χ4v) is 2.93. The van der Waals surface area contributed by atoms with Gasteiger partial charge in [-0.2, -0.15) is 0 Å². The first-order valence-electron chi connectivity index (χ1n) is 6.12. The fourth-order valence-electron chi connectivity index (χ4n) is 2.93. The van der Waals surface area contributed by atoms with Crippen LogP contribution in [0.1, 0.15) is 59.3 Å². The minimum Gasteiger partial charge on any atom is -0.371 e. The first-order chi connectivity index (χ1) is 6.93. The van der Waals surface area contributed by atoms with Gasteiger partial charge >= 0.3 is 0 Å². The Morgan fingerprint density at radius 1 is 1.20 bits per heavy atom. The molecule has 86 valence electrons. The Hall–Kier alpha value is -0.370. The van der Waals surface area contributed by atoms with Gasteiger partial charge in [0.05, 0.1) is 11.7 Å². The monoisotopic (exact) mass is 210 g/mol. The molecule has 0 aromatic carbocycles. The molecule has 0 amide bonds. The van der Waals surface area contributed by atoms with E-state index in [2.05, 4.69) is 20.8 Å². The van der Waals surface area contributed by atoms with Crippen molar-refractivity contribution >= 4 is 5.78 Å². The first-order valence-corrected chi connectivity index (χ1v) is 6.12. The van der Waals surface area contributed by atoms with E-state index < -0.39 is 0 Å². The molecule has 2 atom stereocenters. The summed E-state index contributed by atoms with van der Waals surface area (Å²) in [5.41, 5.74) is 0.118. The van der Waals surface area contributed by atoms with Crippen molar-refractivity contribution in [2.45, 2.75) is 71.0 Å². The van der Waals surface area contributed by atoms with E-state index in [0.29, 0.717) is 18.3 Å². The Labute approximate surface area is 92.4 Å². The number of ketones is 1. The van der Waals surface area contributed by atoms with Crippen LogP contribution in [0.2, 0.25) is 0 Å². The van der Waals surface area contributed by atoms with Gasteiger partial charge in [0.2, 0.25) is 0 Å². The zero-order valence-electron chi connectivity index (χ0n) is 10.1. The van der Waals surface area contributed by atoms with Crippen LogP contribution in [0.4, 0.5) is 0 Å². The van der Waals surface area contributed by atoms with Crippen molar-refractivity contribution in [3.8, 4) is 0 Å². The molecule has 2 aliphatic rings. The lowest BCUT2D eigenvalue weighted by Crippen LogP contribution is -2.44. The van der Waals surface area contributed by atoms with E-state index in [1.165, 1.54) is 0 Å². The SMILES string of the molecule is CC(C)(C)[C@@]12CCC(=O)CC[C@@H](CC1)O2. The van der Waals surface area contributed by atoms with Gasteiger partial charge in [-0.25, -0.2) is 0 Å². The van der Waals surface area contributed by atoms with Gasteiger partial charge in [-0.05, 0) is 31.1 Å². The van der Waals surface area contributed by atoms with Gasteiger partial charge in [0, 0.05) is 12.8 Å². The van der Waals surface area contributed by atoms with Gasteiger partial charge in [0.15, 0.2) is 0 Å². The summed E-state index contributed by atoms with van der Waals surface area (Å²) in [6, 6.07) is 0. The Balaban J connectivity index is 2.20. The normalized spacial score (nSPS) is 37.5. The number of Topliss-reactive ketones (excluding diaryl/α,β-unsaturated/α-hetero) is 1. The first kappa shape index (κ1) is 11.1. The number of hydrogen-bond acceptors (Lipinski definition) is 2. The highest BCUT2D eigenvalue weighted by Crippen LogP contribution is 2.48. The molecule has 2 heterocycles. The van der Waals surface area contributed by atoms with Gasteiger partial charge in [-0.15, -0.1) is 0 Å². The van der Waals surface area contributed by atoms with E-state index in [-0.39, 0.29) is 11.0 Å². The van der Waals surface area contributed by atoms with Crippen molar-refractivity contribution in [1.29, 1.82) is 0 Å². The highest BCUT2D eigenvalue weighted by Gasteiger charge is 2.49. The molecule has 2 saturated heterocycles. The largest absolute Gasteiger partial charge is 0.371 e. The molecule has 2 rings (SSSR count). The van der Waals surface area contributed by atoms with Crippen molar-refractivity contribution in [3.05, 3.63) is 0 Å². The minimum absolute atomic E-state index is 0.0340. The highest BCUT2D eigenvalue weighted by atomic mass is 16.5. The Bertz CT molecular complexity index is 264. The molecule has 2 heteroatoms. The van der Waals surface area contributed by atoms with Gasteiger partial charge in [0.1, 0.15) is 5.78 Å². The number of rotatable bonds is 0. The predicted molar refractivity (Wildman–Crippen MR) is 59.8 cm³/mol. The summed E-state index contributed by atoms with van der Waals surface area (Å²) in [7, 11) is 0. The van der Waals surface area contributed by atoms with Crippen molar-refractivity contribution in [3.63, 3.8) is 0 Å². The van der Waals surface area contributed by atoms with E-state index >= 15 is 0 Å². The highest BCUT2D eigenvalue weighted by molar-refractivity contribution is 5.78. The summed E-state index contributed by atoms with van der Waals surface area (Å²) in [5, 5.41) is 0. The molecule has 2 nitrogen and oxygen atoms in total. The Kier molecular flexibility index (Phi) is 2.66. The third-order valence-electron chi connectivity index (χ3n) is 4.18. The lowest BCUT2D eigenvalue weighted by molar-refractivity contribution is -0.138. The quantitative estimate of drug-likeness (QED) is 0.614. The molecule has 0 unspecified atom stereocenters. The van der Waals surface area contributed by atoms with Crippen molar-refractivity contribution < 1.29 is 9.53 Å². The number of ether oxygens (including phenoxy) is 1. The average molecular weight is 210 g/mol. The second-order valence-electron chi connectivity index (χ2n) is 6.10. The molecule has 0 radical (unpaired) electrons. The van der Waals surface area contributed by atoms with Gasteiger partial charge in [0.25, 0.3) is 0 Å². The van der Waals surface area contributed by atoms with E-state index in [9.17, 15) is 4.79 Å². The maximum Gasteiger partial charge on any atom is 0.133 e. The second kappa shape index (κ2) is 3.58. The zero-order chi connectivity index (χ0) is 11.1. The average Bonchev–Trinajstić information content (AvgIpc) is 2.54. The minimum atomic E-state index is -0.0340. The molecule has 0 aliphatic carbocycles. The van der Waals surface area contributed by atoms with Crippen LogP contribution in [-0.2, 0) is 9.53 Å². The zero-order valence-corrected chi connectivity index (χ0v) is 10.1. The van der Waals surface area contributed by atoms with Crippen LogP contribution in [0.3, 0.4) is 0 Å². The predicted octanol–water partition coefficient (Wildman–Crippen LogP) is 3.09. The summed E-state index contributed by atoms with van der Waals surface area (Å²) >= 11 is 0. The maximum absolute atomic E-state index is 11.6. The van der Waals surface area contributed by atoms with Crippen LogP contribution in [0, 0.1) is 5.41 Å². The molecule has 2 fully saturated rings. The Morgan fingerprint density at radius 2 is 1.93 bits per heavy atom. The summed E-state index contributed by atoms with van der Waals surface area (Å²) in [4.78, 5) is 11.6.